The van der Waals surface area contributed by atoms with Crippen molar-refractivity contribution in [2.24, 2.45) is 11.3 Å². The van der Waals surface area contributed by atoms with Crippen molar-refractivity contribution in [3.8, 4) is 0 Å². The van der Waals surface area contributed by atoms with Crippen molar-refractivity contribution in [1.82, 2.24) is 5.32 Å². The molecule has 1 heteroatoms. The van der Waals surface area contributed by atoms with E-state index in [0.29, 0.717) is 5.41 Å². The van der Waals surface area contributed by atoms with Gasteiger partial charge in [0.1, 0.15) is 0 Å². The third-order valence-corrected chi connectivity index (χ3v) is 4.50. The van der Waals surface area contributed by atoms with Crippen LogP contribution in [-0.4, -0.2) is 12.6 Å². The van der Waals surface area contributed by atoms with Gasteiger partial charge in [-0.15, -0.1) is 0 Å². The first-order chi connectivity index (χ1) is 7.30. The molecule has 0 radical (unpaired) electrons. The molecule has 0 aromatic heterocycles. The first kappa shape index (κ1) is 11.4. The summed E-state index contributed by atoms with van der Waals surface area (Å²) in [6.07, 6.45) is 11.5. The quantitative estimate of drug-likeness (QED) is 0.642. The Morgan fingerprint density at radius 2 is 1.87 bits per heavy atom. The van der Waals surface area contributed by atoms with Crippen molar-refractivity contribution in [2.45, 2.75) is 71.3 Å². The first-order valence-electron chi connectivity index (χ1n) is 7.04. The zero-order chi connectivity index (χ0) is 10.7. The molecule has 2 fully saturated rings. The normalized spacial score (nSPS) is 25.2. The lowest BCUT2D eigenvalue weighted by atomic mass is 9.75. The van der Waals surface area contributed by atoms with Crippen LogP contribution in [0.15, 0.2) is 0 Å². The van der Waals surface area contributed by atoms with Gasteiger partial charge in [0.25, 0.3) is 0 Å². The zero-order valence-corrected chi connectivity index (χ0v) is 10.5. The van der Waals surface area contributed by atoms with Gasteiger partial charge in [0, 0.05) is 12.6 Å². The number of rotatable bonds is 8. The Balaban J connectivity index is 1.85. The van der Waals surface area contributed by atoms with Gasteiger partial charge in [0.15, 0.2) is 0 Å². The van der Waals surface area contributed by atoms with E-state index in [-0.39, 0.29) is 0 Å². The molecule has 88 valence electrons. The van der Waals surface area contributed by atoms with Crippen LogP contribution in [0, 0.1) is 11.3 Å². The Morgan fingerprint density at radius 1 is 1.13 bits per heavy atom. The number of unbranched alkanes of at least 4 members (excludes halogenated alkanes) is 1. The van der Waals surface area contributed by atoms with Crippen LogP contribution in [0.1, 0.15) is 65.2 Å². The molecular formula is C14H27N. The van der Waals surface area contributed by atoms with Crippen LogP contribution in [0.25, 0.3) is 0 Å². The highest BCUT2D eigenvalue weighted by Gasteiger charge is 2.43. The molecule has 0 amide bonds. The molecule has 2 saturated carbocycles. The molecule has 0 aliphatic heterocycles. The lowest BCUT2D eigenvalue weighted by Crippen LogP contribution is -2.36. The summed E-state index contributed by atoms with van der Waals surface area (Å²) < 4.78 is 0. The molecule has 2 aliphatic carbocycles. The minimum absolute atomic E-state index is 0.665. The number of hydrogen-bond acceptors (Lipinski definition) is 1. The molecule has 0 heterocycles. The Bertz CT molecular complexity index is 194. The van der Waals surface area contributed by atoms with Gasteiger partial charge in [-0.2, -0.15) is 0 Å². The van der Waals surface area contributed by atoms with E-state index < -0.39 is 0 Å². The van der Waals surface area contributed by atoms with E-state index in [1.165, 1.54) is 57.9 Å². The summed E-state index contributed by atoms with van der Waals surface area (Å²) in [5, 5.41) is 3.78. The number of nitrogens with one attached hydrogen (secondary N) is 1. The van der Waals surface area contributed by atoms with E-state index in [4.69, 9.17) is 0 Å². The van der Waals surface area contributed by atoms with Crippen molar-refractivity contribution >= 4 is 0 Å². The van der Waals surface area contributed by atoms with Gasteiger partial charge in [-0.05, 0) is 49.9 Å². The first-order valence-corrected chi connectivity index (χ1v) is 7.04. The highest BCUT2D eigenvalue weighted by molar-refractivity contribution is 4.96. The van der Waals surface area contributed by atoms with Gasteiger partial charge in [0.05, 0.1) is 0 Å². The Hall–Kier alpha value is -0.0400. The fraction of sp³-hybridized carbons (Fsp3) is 1.00. The highest BCUT2D eigenvalue weighted by atomic mass is 15.0. The summed E-state index contributed by atoms with van der Waals surface area (Å²) in [6.45, 7) is 6.03. The third-order valence-electron chi connectivity index (χ3n) is 4.50. The topological polar surface area (TPSA) is 12.0 Å². The summed E-state index contributed by atoms with van der Waals surface area (Å²) in [5.74, 6) is 1.06. The summed E-state index contributed by atoms with van der Waals surface area (Å²) in [5.41, 5.74) is 0.665. The maximum atomic E-state index is 3.78. The molecule has 0 saturated heterocycles. The zero-order valence-electron chi connectivity index (χ0n) is 10.5. The molecule has 0 spiro atoms. The monoisotopic (exact) mass is 209 g/mol. The molecule has 0 bridgehead atoms. The second-order valence-electron chi connectivity index (χ2n) is 5.75. The maximum Gasteiger partial charge on any atom is 0.00684 e. The summed E-state index contributed by atoms with van der Waals surface area (Å²) in [4.78, 5) is 0. The molecule has 2 rings (SSSR count). The van der Waals surface area contributed by atoms with Crippen LogP contribution in [-0.2, 0) is 0 Å². The molecule has 1 nitrogen and oxygen atoms in total. The maximum absolute atomic E-state index is 3.78. The van der Waals surface area contributed by atoms with Crippen molar-refractivity contribution in [2.75, 3.05) is 6.54 Å². The van der Waals surface area contributed by atoms with Crippen LogP contribution in [0.3, 0.4) is 0 Å². The minimum Gasteiger partial charge on any atom is -0.313 e. The SMILES string of the molecule is CCCCC(CC)(CNC1CC1)C1CC1. The predicted molar refractivity (Wildman–Crippen MR) is 66.0 cm³/mol. The van der Waals surface area contributed by atoms with Crippen molar-refractivity contribution in [3.05, 3.63) is 0 Å². The van der Waals surface area contributed by atoms with Crippen molar-refractivity contribution < 1.29 is 0 Å². The van der Waals surface area contributed by atoms with Gasteiger partial charge in [0.2, 0.25) is 0 Å². The van der Waals surface area contributed by atoms with Crippen molar-refractivity contribution in [1.29, 1.82) is 0 Å². The van der Waals surface area contributed by atoms with E-state index in [9.17, 15) is 0 Å². The summed E-state index contributed by atoms with van der Waals surface area (Å²) >= 11 is 0. The van der Waals surface area contributed by atoms with Gasteiger partial charge >= 0.3 is 0 Å². The van der Waals surface area contributed by atoms with Crippen LogP contribution < -0.4 is 5.32 Å². The largest absolute Gasteiger partial charge is 0.313 e. The smallest absolute Gasteiger partial charge is 0.00684 e. The summed E-state index contributed by atoms with van der Waals surface area (Å²) in [7, 11) is 0. The van der Waals surface area contributed by atoms with Crippen molar-refractivity contribution in [3.63, 3.8) is 0 Å². The fourth-order valence-electron chi connectivity index (χ4n) is 2.89. The average molecular weight is 209 g/mol. The molecule has 0 aromatic carbocycles. The molecule has 1 unspecified atom stereocenters. The molecule has 1 N–H and O–H groups in total. The molecule has 0 aromatic rings. The molecule has 15 heavy (non-hydrogen) atoms. The second kappa shape index (κ2) is 4.86. The predicted octanol–water partition coefficient (Wildman–Crippen LogP) is 3.74. The standard InChI is InChI=1S/C14H27N/c1-3-5-10-14(4-2,12-6-7-12)11-15-13-8-9-13/h12-13,15H,3-11H2,1-2H3. The van der Waals surface area contributed by atoms with E-state index in [0.717, 1.165) is 12.0 Å². The van der Waals surface area contributed by atoms with Crippen LogP contribution in [0.2, 0.25) is 0 Å². The van der Waals surface area contributed by atoms with E-state index >= 15 is 0 Å². The van der Waals surface area contributed by atoms with Crippen LogP contribution in [0.4, 0.5) is 0 Å². The fourth-order valence-corrected chi connectivity index (χ4v) is 2.89. The molecular weight excluding hydrogens is 182 g/mol. The van der Waals surface area contributed by atoms with Gasteiger partial charge in [-0.1, -0.05) is 26.7 Å². The van der Waals surface area contributed by atoms with Gasteiger partial charge in [-0.3, -0.25) is 0 Å². The summed E-state index contributed by atoms with van der Waals surface area (Å²) in [6, 6.07) is 0.885. The second-order valence-corrected chi connectivity index (χ2v) is 5.75. The van der Waals surface area contributed by atoms with E-state index in [1.807, 2.05) is 0 Å². The van der Waals surface area contributed by atoms with Crippen LogP contribution in [0.5, 0.6) is 0 Å². The Labute approximate surface area is 95.0 Å². The molecule has 2 aliphatic rings. The third kappa shape index (κ3) is 2.96. The van der Waals surface area contributed by atoms with E-state index in [1.54, 1.807) is 0 Å². The molecule has 1 atom stereocenters. The Morgan fingerprint density at radius 3 is 2.33 bits per heavy atom. The van der Waals surface area contributed by atoms with Crippen LogP contribution >= 0.6 is 0 Å². The minimum atomic E-state index is 0.665. The Kier molecular flexibility index (Phi) is 3.71. The van der Waals surface area contributed by atoms with Gasteiger partial charge in [-0.25, -0.2) is 0 Å². The average Bonchev–Trinajstić information content (AvgIpc) is 3.11. The lowest BCUT2D eigenvalue weighted by molar-refractivity contribution is 0.191. The number of hydrogen-bond donors (Lipinski definition) is 1. The van der Waals surface area contributed by atoms with E-state index in [2.05, 4.69) is 19.2 Å². The lowest BCUT2D eigenvalue weighted by Gasteiger charge is -2.34. The van der Waals surface area contributed by atoms with Gasteiger partial charge < -0.3 is 5.32 Å². The highest BCUT2D eigenvalue weighted by Crippen LogP contribution is 2.50.